The van der Waals surface area contributed by atoms with Gasteiger partial charge in [0.2, 0.25) is 12.6 Å². The highest BCUT2D eigenvalue weighted by Gasteiger charge is 2.56. The average Bonchev–Trinajstić information content (AvgIpc) is 3.15. The molecule has 56 heavy (non-hydrogen) atoms. The van der Waals surface area contributed by atoms with Crippen LogP contribution >= 0.6 is 0 Å². The Morgan fingerprint density at radius 1 is 0.625 bits per heavy atom. The van der Waals surface area contributed by atoms with E-state index in [9.17, 15) is 65.4 Å². The van der Waals surface area contributed by atoms with E-state index in [2.05, 4.69) is 5.32 Å². The zero-order chi connectivity index (χ0) is 41.6. The SMILES string of the molecule is CC(C)O[C@@H]1C(C(=O)NCCO[C@@H]2OC(CO)[C@@H](O)[C@H](O)C2O)O[C@@H](O[C@@H]2C(OC=O)O[C@@H](O[C@@H]3C(OC=O)O[C@@H](C(C)C)C(O)[C@H]3O)C(O)[C@H]2O)C(O)[C@H]1O. The second kappa shape index (κ2) is 20.6. The van der Waals surface area contributed by atoms with Crippen LogP contribution in [0.4, 0.5) is 0 Å². The van der Waals surface area contributed by atoms with Gasteiger partial charge in [-0.1, -0.05) is 13.8 Å². The summed E-state index contributed by atoms with van der Waals surface area (Å²) in [5.74, 6) is -1.32. The maximum Gasteiger partial charge on any atom is 0.295 e. The fourth-order valence-electron chi connectivity index (χ4n) is 6.54. The average molecular weight is 820 g/mol. The first-order chi connectivity index (χ1) is 26.5. The van der Waals surface area contributed by atoms with Gasteiger partial charge in [0.1, 0.15) is 67.1 Å². The molecule has 0 bridgehead atoms. The molecule has 324 valence electrons. The second-order valence-electron chi connectivity index (χ2n) is 14.1. The third-order valence-electron chi connectivity index (χ3n) is 9.47. The molecular formula is C32H53NO23. The Labute approximate surface area is 319 Å². The molecule has 4 aliphatic heterocycles. The summed E-state index contributed by atoms with van der Waals surface area (Å²) in [6.45, 7) is 4.96. The molecule has 20 atom stereocenters. The maximum absolute atomic E-state index is 13.4. The number of carbonyl (C=O) groups is 3. The van der Waals surface area contributed by atoms with Gasteiger partial charge in [-0.05, 0) is 19.8 Å². The molecule has 0 aliphatic carbocycles. The van der Waals surface area contributed by atoms with E-state index in [0.717, 1.165) is 0 Å². The molecule has 4 saturated heterocycles. The van der Waals surface area contributed by atoms with Crippen LogP contribution in [0.5, 0.6) is 0 Å². The van der Waals surface area contributed by atoms with Crippen molar-refractivity contribution < 1.29 is 113 Å². The van der Waals surface area contributed by atoms with Crippen molar-refractivity contribution in [2.45, 2.75) is 157 Å². The van der Waals surface area contributed by atoms with Crippen molar-refractivity contribution in [3.63, 3.8) is 0 Å². The molecule has 0 aromatic rings. The number of carbonyl (C=O) groups excluding carboxylic acids is 3. The Morgan fingerprint density at radius 3 is 1.68 bits per heavy atom. The number of amides is 1. The zero-order valence-corrected chi connectivity index (χ0v) is 30.8. The van der Waals surface area contributed by atoms with E-state index in [4.69, 9.17) is 47.4 Å². The quantitative estimate of drug-likeness (QED) is 0.0480. The van der Waals surface area contributed by atoms with Crippen molar-refractivity contribution in [1.29, 1.82) is 0 Å². The largest absolute Gasteiger partial charge is 0.435 e. The Kier molecular flexibility index (Phi) is 17.1. The first kappa shape index (κ1) is 46.4. The van der Waals surface area contributed by atoms with Crippen LogP contribution in [0.1, 0.15) is 27.7 Å². The molecule has 24 nitrogen and oxygen atoms in total. The fourth-order valence-corrected chi connectivity index (χ4v) is 6.54. The molecule has 0 saturated carbocycles. The summed E-state index contributed by atoms with van der Waals surface area (Å²) in [6.07, 6.45) is -35.4. The van der Waals surface area contributed by atoms with Crippen molar-refractivity contribution >= 4 is 18.9 Å². The molecule has 4 rings (SSSR count). The minimum absolute atomic E-state index is 0.00961. The summed E-state index contributed by atoms with van der Waals surface area (Å²) in [6, 6.07) is 0. The zero-order valence-electron chi connectivity index (χ0n) is 30.8. The van der Waals surface area contributed by atoms with Gasteiger partial charge in [-0.25, -0.2) is 0 Å². The van der Waals surface area contributed by atoms with Gasteiger partial charge >= 0.3 is 0 Å². The molecule has 4 aliphatic rings. The van der Waals surface area contributed by atoms with Crippen LogP contribution in [0.15, 0.2) is 0 Å². The van der Waals surface area contributed by atoms with Gasteiger partial charge in [-0.15, -0.1) is 0 Å². The minimum atomic E-state index is -2.12. The monoisotopic (exact) mass is 819 g/mol. The minimum Gasteiger partial charge on any atom is -0.435 e. The highest BCUT2D eigenvalue weighted by molar-refractivity contribution is 5.81. The van der Waals surface area contributed by atoms with Gasteiger partial charge in [-0.3, -0.25) is 14.4 Å². The molecule has 0 radical (unpaired) electrons. The highest BCUT2D eigenvalue weighted by Crippen LogP contribution is 2.34. The number of aliphatic hydroxyl groups is 10. The van der Waals surface area contributed by atoms with E-state index in [1.807, 2.05) is 0 Å². The lowest BCUT2D eigenvalue weighted by Gasteiger charge is -2.48. The highest BCUT2D eigenvalue weighted by atomic mass is 16.8. The number of aliphatic hydroxyl groups excluding tert-OH is 10. The maximum atomic E-state index is 13.4. The summed E-state index contributed by atoms with van der Waals surface area (Å²) < 4.78 is 54.1. The Balaban J connectivity index is 1.45. The lowest BCUT2D eigenvalue weighted by molar-refractivity contribution is -0.400. The standard InChI is InChI=1S/C32H53NO23/c1-10(2)22-15(39)16(40)24(31(52-22)48-8-35)54-30-21(45)18(42)25(32(56-30)49-9-36)53-29-20(44)17(41)23(50-11(3)4)26(55-29)27(46)33-5-6-47-28-19(43)14(38)13(37)12(7-34)51-28/h8-26,28-32,34,37-45H,5-7H2,1-4H3,(H,33,46)/t12?,13-,14+,15?,16-,17-,18-,19?,20?,21?,22+,23+,24+,25+,26?,28-,29-,30-,31?,32?/m1/s1. The van der Waals surface area contributed by atoms with Crippen LogP contribution in [0.3, 0.4) is 0 Å². The smallest absolute Gasteiger partial charge is 0.295 e. The summed E-state index contributed by atoms with van der Waals surface area (Å²) in [4.78, 5) is 36.1. The van der Waals surface area contributed by atoms with E-state index in [1.165, 1.54) is 0 Å². The summed E-state index contributed by atoms with van der Waals surface area (Å²) in [5, 5.41) is 108. The number of hydrogen-bond donors (Lipinski definition) is 11. The summed E-state index contributed by atoms with van der Waals surface area (Å²) in [7, 11) is 0. The van der Waals surface area contributed by atoms with Crippen LogP contribution in [0.25, 0.3) is 0 Å². The molecule has 24 heteroatoms. The lowest BCUT2D eigenvalue weighted by Crippen LogP contribution is -2.67. The molecule has 8 unspecified atom stereocenters. The summed E-state index contributed by atoms with van der Waals surface area (Å²) in [5.41, 5.74) is 0. The van der Waals surface area contributed by atoms with Gasteiger partial charge < -0.3 is 104 Å². The molecule has 0 aromatic carbocycles. The molecular weight excluding hydrogens is 766 g/mol. The normalized spacial score (nSPS) is 44.6. The molecule has 0 spiro atoms. The number of hydrogen-bond acceptors (Lipinski definition) is 23. The Morgan fingerprint density at radius 2 is 1.14 bits per heavy atom. The topological polar surface area (TPSA) is 358 Å². The van der Waals surface area contributed by atoms with Crippen molar-refractivity contribution in [2.24, 2.45) is 5.92 Å². The van der Waals surface area contributed by atoms with E-state index >= 15 is 0 Å². The van der Waals surface area contributed by atoms with Crippen molar-refractivity contribution in [3.8, 4) is 0 Å². The number of nitrogens with one attached hydrogen (secondary N) is 1. The third kappa shape index (κ3) is 10.5. The van der Waals surface area contributed by atoms with Gasteiger partial charge in [-0.2, -0.15) is 0 Å². The van der Waals surface area contributed by atoms with Crippen LogP contribution in [-0.2, 0) is 61.8 Å². The van der Waals surface area contributed by atoms with Crippen molar-refractivity contribution in [3.05, 3.63) is 0 Å². The first-order valence-electron chi connectivity index (χ1n) is 17.9. The number of rotatable bonds is 17. The molecule has 11 N–H and O–H groups in total. The fraction of sp³-hybridized carbons (Fsp3) is 0.906. The van der Waals surface area contributed by atoms with Gasteiger partial charge in [0.25, 0.3) is 18.9 Å². The van der Waals surface area contributed by atoms with Gasteiger partial charge in [0, 0.05) is 6.54 Å². The van der Waals surface area contributed by atoms with Crippen LogP contribution < -0.4 is 5.32 Å². The Bertz CT molecular complexity index is 1250. The predicted octanol–water partition coefficient (Wildman–Crippen LogP) is -7.22. The first-order valence-corrected chi connectivity index (χ1v) is 17.9. The molecule has 0 aromatic heterocycles. The Hall–Kier alpha value is -2.31. The van der Waals surface area contributed by atoms with Gasteiger partial charge in [0.05, 0.1) is 25.4 Å². The lowest BCUT2D eigenvalue weighted by atomic mass is 9.91. The van der Waals surface area contributed by atoms with Gasteiger partial charge in [0.15, 0.2) is 37.2 Å². The summed E-state index contributed by atoms with van der Waals surface area (Å²) >= 11 is 0. The van der Waals surface area contributed by atoms with Crippen LogP contribution in [-0.4, -0.2) is 219 Å². The van der Waals surface area contributed by atoms with Crippen LogP contribution in [0.2, 0.25) is 0 Å². The van der Waals surface area contributed by atoms with E-state index in [1.54, 1.807) is 27.7 Å². The molecule has 4 heterocycles. The van der Waals surface area contributed by atoms with Crippen molar-refractivity contribution in [1.82, 2.24) is 5.32 Å². The third-order valence-corrected chi connectivity index (χ3v) is 9.47. The molecule has 4 fully saturated rings. The van der Waals surface area contributed by atoms with E-state index in [0.29, 0.717) is 0 Å². The predicted molar refractivity (Wildman–Crippen MR) is 174 cm³/mol. The second-order valence-corrected chi connectivity index (χ2v) is 14.1. The molecule has 1 amide bonds. The van der Waals surface area contributed by atoms with E-state index in [-0.39, 0.29) is 32.0 Å². The van der Waals surface area contributed by atoms with Crippen LogP contribution in [0, 0.1) is 5.92 Å². The van der Waals surface area contributed by atoms with E-state index < -0.39 is 142 Å². The number of ether oxygens (including phenoxy) is 10. The van der Waals surface area contributed by atoms with Crippen molar-refractivity contribution in [2.75, 3.05) is 19.8 Å².